The number of hydrogen-bond donors (Lipinski definition) is 2. The van der Waals surface area contributed by atoms with Crippen molar-refractivity contribution in [2.75, 3.05) is 11.9 Å². The number of rotatable bonds is 3. The SMILES string of the molecule is CC(=O)N1CCc2c(sc(NC(=O)c3ccccc3Cl)c2C(=O)O)C1. The zero-order valence-electron chi connectivity index (χ0n) is 13.3. The Morgan fingerprint density at radius 3 is 2.64 bits per heavy atom. The second-order valence-electron chi connectivity index (χ2n) is 5.64. The van der Waals surface area contributed by atoms with Gasteiger partial charge in [0.25, 0.3) is 5.91 Å². The molecule has 0 atom stereocenters. The Morgan fingerprint density at radius 2 is 2.00 bits per heavy atom. The van der Waals surface area contributed by atoms with Crippen LogP contribution in [0.25, 0.3) is 0 Å². The number of nitrogens with zero attached hydrogens (tertiary/aromatic N) is 1. The Balaban J connectivity index is 1.94. The molecule has 130 valence electrons. The van der Waals surface area contributed by atoms with Crippen LogP contribution in [0.1, 0.15) is 38.1 Å². The van der Waals surface area contributed by atoms with Crippen molar-refractivity contribution in [3.63, 3.8) is 0 Å². The Kier molecular flexibility index (Phi) is 4.78. The molecule has 0 bridgehead atoms. The summed E-state index contributed by atoms with van der Waals surface area (Å²) in [6.07, 6.45) is 0.453. The van der Waals surface area contributed by atoms with E-state index in [9.17, 15) is 19.5 Å². The minimum atomic E-state index is -1.09. The molecule has 0 aliphatic carbocycles. The number of carboxylic acids is 1. The van der Waals surface area contributed by atoms with Crippen LogP contribution in [0.4, 0.5) is 5.00 Å². The Hall–Kier alpha value is -2.38. The lowest BCUT2D eigenvalue weighted by Crippen LogP contribution is -2.33. The first-order valence-corrected chi connectivity index (χ1v) is 8.77. The van der Waals surface area contributed by atoms with Gasteiger partial charge in [0.2, 0.25) is 5.91 Å². The molecule has 0 saturated carbocycles. The minimum Gasteiger partial charge on any atom is -0.478 e. The number of amides is 2. The summed E-state index contributed by atoms with van der Waals surface area (Å²) < 4.78 is 0. The normalized spacial score (nSPS) is 13.3. The maximum Gasteiger partial charge on any atom is 0.339 e. The second kappa shape index (κ2) is 6.85. The van der Waals surface area contributed by atoms with Crippen molar-refractivity contribution in [2.24, 2.45) is 0 Å². The van der Waals surface area contributed by atoms with Crippen LogP contribution in [-0.2, 0) is 17.8 Å². The van der Waals surface area contributed by atoms with Crippen molar-refractivity contribution in [3.05, 3.63) is 50.9 Å². The molecule has 0 spiro atoms. The first-order valence-electron chi connectivity index (χ1n) is 7.57. The van der Waals surface area contributed by atoms with Crippen LogP contribution in [0.3, 0.4) is 0 Å². The first kappa shape index (κ1) is 17.4. The number of hydrogen-bond acceptors (Lipinski definition) is 4. The number of carbonyl (C=O) groups excluding carboxylic acids is 2. The number of carboxylic acid groups (broad SMARTS) is 1. The van der Waals surface area contributed by atoms with Gasteiger partial charge in [-0.2, -0.15) is 0 Å². The van der Waals surface area contributed by atoms with Crippen LogP contribution in [0.2, 0.25) is 5.02 Å². The smallest absolute Gasteiger partial charge is 0.339 e. The maximum absolute atomic E-state index is 12.4. The number of benzene rings is 1. The van der Waals surface area contributed by atoms with Crippen LogP contribution >= 0.6 is 22.9 Å². The Morgan fingerprint density at radius 1 is 1.28 bits per heavy atom. The molecular formula is C17H15ClN2O4S. The highest BCUT2D eigenvalue weighted by Crippen LogP contribution is 2.37. The topological polar surface area (TPSA) is 86.7 Å². The van der Waals surface area contributed by atoms with Crippen LogP contribution in [0.5, 0.6) is 0 Å². The van der Waals surface area contributed by atoms with Crippen molar-refractivity contribution in [1.82, 2.24) is 4.90 Å². The Labute approximate surface area is 153 Å². The second-order valence-corrected chi connectivity index (χ2v) is 7.15. The molecular weight excluding hydrogens is 364 g/mol. The zero-order chi connectivity index (χ0) is 18.1. The van der Waals surface area contributed by atoms with Crippen LogP contribution in [-0.4, -0.2) is 34.3 Å². The molecule has 1 aromatic heterocycles. The maximum atomic E-state index is 12.4. The predicted molar refractivity (Wildman–Crippen MR) is 95.5 cm³/mol. The van der Waals surface area contributed by atoms with Gasteiger partial charge in [0, 0.05) is 18.3 Å². The van der Waals surface area contributed by atoms with Crippen LogP contribution in [0.15, 0.2) is 24.3 Å². The van der Waals surface area contributed by atoms with Crippen molar-refractivity contribution in [3.8, 4) is 0 Å². The number of thiophene rings is 1. The van der Waals surface area contributed by atoms with E-state index in [-0.39, 0.29) is 22.0 Å². The molecule has 1 aliphatic rings. The van der Waals surface area contributed by atoms with Gasteiger partial charge >= 0.3 is 5.97 Å². The molecule has 2 amide bonds. The molecule has 0 saturated heterocycles. The summed E-state index contributed by atoms with van der Waals surface area (Å²) in [5.41, 5.74) is 1.06. The minimum absolute atomic E-state index is 0.0578. The summed E-state index contributed by atoms with van der Waals surface area (Å²) in [4.78, 5) is 38.2. The predicted octanol–water partition coefficient (Wildman–Crippen LogP) is 3.26. The molecule has 25 heavy (non-hydrogen) atoms. The van der Waals surface area contributed by atoms with Gasteiger partial charge in [-0.1, -0.05) is 23.7 Å². The average molecular weight is 379 g/mol. The molecule has 1 aromatic carbocycles. The van der Waals surface area contributed by atoms with Gasteiger partial charge in [0.05, 0.1) is 22.7 Å². The molecule has 2 heterocycles. The highest BCUT2D eigenvalue weighted by Gasteiger charge is 2.29. The van der Waals surface area contributed by atoms with E-state index < -0.39 is 11.9 Å². The van der Waals surface area contributed by atoms with Crippen molar-refractivity contribution in [1.29, 1.82) is 0 Å². The number of anilines is 1. The van der Waals surface area contributed by atoms with Gasteiger partial charge in [0.1, 0.15) is 5.00 Å². The fraction of sp³-hybridized carbons (Fsp3) is 0.235. The number of aromatic carboxylic acids is 1. The molecule has 6 nitrogen and oxygen atoms in total. The lowest BCUT2D eigenvalue weighted by Gasteiger charge is -2.25. The number of carbonyl (C=O) groups is 3. The number of nitrogens with one attached hydrogen (secondary N) is 1. The van der Waals surface area contributed by atoms with Crippen LogP contribution in [0, 0.1) is 0 Å². The number of halogens is 1. The molecule has 0 radical (unpaired) electrons. The van der Waals surface area contributed by atoms with E-state index in [1.807, 2.05) is 0 Å². The summed E-state index contributed by atoms with van der Waals surface area (Å²) in [5, 5.41) is 12.8. The van der Waals surface area contributed by atoms with E-state index in [2.05, 4.69) is 5.32 Å². The highest BCUT2D eigenvalue weighted by molar-refractivity contribution is 7.17. The van der Waals surface area contributed by atoms with Crippen molar-refractivity contribution in [2.45, 2.75) is 19.9 Å². The van der Waals surface area contributed by atoms with E-state index in [0.29, 0.717) is 30.1 Å². The molecule has 0 unspecified atom stereocenters. The summed E-state index contributed by atoms with van der Waals surface area (Å²) in [7, 11) is 0. The molecule has 3 rings (SSSR count). The highest BCUT2D eigenvalue weighted by atomic mass is 35.5. The van der Waals surface area contributed by atoms with Crippen LogP contribution < -0.4 is 5.32 Å². The summed E-state index contributed by atoms with van der Waals surface area (Å²) in [6.45, 7) is 2.31. The standard InChI is InChI=1S/C17H15ClN2O4S/c1-9(21)20-7-6-11-13(8-20)25-16(14(11)17(23)24)19-15(22)10-4-2-3-5-12(10)18/h2-5H,6-8H2,1H3,(H,19,22)(H,23,24). The molecule has 2 aromatic rings. The summed E-state index contributed by atoms with van der Waals surface area (Å²) in [5.74, 6) is -1.61. The summed E-state index contributed by atoms with van der Waals surface area (Å²) >= 11 is 7.22. The quantitative estimate of drug-likeness (QED) is 0.858. The Bertz CT molecular complexity index is 878. The van der Waals surface area contributed by atoms with E-state index in [1.165, 1.54) is 18.3 Å². The monoisotopic (exact) mass is 378 g/mol. The third kappa shape index (κ3) is 3.38. The summed E-state index contributed by atoms with van der Waals surface area (Å²) in [6, 6.07) is 6.56. The van der Waals surface area contributed by atoms with Gasteiger partial charge in [-0.25, -0.2) is 4.79 Å². The molecule has 0 fully saturated rings. The first-order chi connectivity index (χ1) is 11.9. The van der Waals surface area contributed by atoms with Crippen molar-refractivity contribution < 1.29 is 19.5 Å². The zero-order valence-corrected chi connectivity index (χ0v) is 14.9. The third-order valence-electron chi connectivity index (χ3n) is 4.06. The van der Waals surface area contributed by atoms with Gasteiger partial charge in [0.15, 0.2) is 0 Å². The average Bonchev–Trinajstić information content (AvgIpc) is 2.91. The third-order valence-corrected chi connectivity index (χ3v) is 5.52. The van der Waals surface area contributed by atoms with Gasteiger partial charge < -0.3 is 15.3 Å². The lowest BCUT2D eigenvalue weighted by atomic mass is 10.0. The van der Waals surface area contributed by atoms with E-state index in [0.717, 1.165) is 4.88 Å². The van der Waals surface area contributed by atoms with Gasteiger partial charge in [-0.05, 0) is 24.1 Å². The van der Waals surface area contributed by atoms with E-state index in [4.69, 9.17) is 11.6 Å². The lowest BCUT2D eigenvalue weighted by molar-refractivity contribution is -0.129. The van der Waals surface area contributed by atoms with Crippen molar-refractivity contribution >= 4 is 45.7 Å². The van der Waals surface area contributed by atoms with Gasteiger partial charge in [-0.3, -0.25) is 9.59 Å². The van der Waals surface area contributed by atoms with E-state index in [1.54, 1.807) is 29.2 Å². The molecule has 1 aliphatic heterocycles. The molecule has 2 N–H and O–H groups in total. The van der Waals surface area contributed by atoms with E-state index >= 15 is 0 Å². The van der Waals surface area contributed by atoms with Gasteiger partial charge in [-0.15, -0.1) is 11.3 Å². The number of fused-ring (bicyclic) bond motifs is 1. The largest absolute Gasteiger partial charge is 0.478 e. The fourth-order valence-electron chi connectivity index (χ4n) is 2.80. The molecule has 8 heteroatoms. The fourth-order valence-corrected chi connectivity index (χ4v) is 4.27.